The van der Waals surface area contributed by atoms with Crippen molar-refractivity contribution < 1.29 is 18.3 Å². The molecule has 0 aliphatic heterocycles. The monoisotopic (exact) mass is 240 g/mol. The van der Waals surface area contributed by atoms with Crippen LogP contribution < -0.4 is 0 Å². The lowest BCUT2D eigenvalue weighted by atomic mass is 9.96. The van der Waals surface area contributed by atoms with Crippen molar-refractivity contribution in [1.29, 1.82) is 0 Å². The Balaban J connectivity index is 1.89. The molecule has 1 aromatic carbocycles. The summed E-state index contributed by atoms with van der Waals surface area (Å²) < 4.78 is 31.7. The number of Topliss-reactive ketones (excluding diaryl/α,β-unsaturated/α-hetero) is 1. The van der Waals surface area contributed by atoms with Gasteiger partial charge >= 0.3 is 0 Å². The molecule has 0 bridgehead atoms. The van der Waals surface area contributed by atoms with Crippen molar-refractivity contribution in [2.24, 2.45) is 0 Å². The van der Waals surface area contributed by atoms with E-state index < -0.39 is 11.6 Å². The Morgan fingerprint density at radius 2 is 1.94 bits per heavy atom. The number of carbonyl (C=O) groups is 1. The molecule has 1 aromatic rings. The second-order valence-corrected chi connectivity index (χ2v) is 4.28. The molecule has 92 valence electrons. The van der Waals surface area contributed by atoms with Crippen molar-refractivity contribution in [1.82, 2.24) is 0 Å². The number of carbonyl (C=O) groups excluding carboxylic acids is 1. The first-order chi connectivity index (χ1) is 8.15. The summed E-state index contributed by atoms with van der Waals surface area (Å²) in [6.45, 7) is 0.0580. The van der Waals surface area contributed by atoms with Gasteiger partial charge in [0.1, 0.15) is 17.4 Å². The smallest absolute Gasteiger partial charge is 0.133 e. The van der Waals surface area contributed by atoms with Crippen LogP contribution in [0.1, 0.15) is 31.2 Å². The van der Waals surface area contributed by atoms with E-state index in [0.29, 0.717) is 25.7 Å². The first-order valence-electron chi connectivity index (χ1n) is 5.72. The molecule has 0 saturated heterocycles. The van der Waals surface area contributed by atoms with Crippen molar-refractivity contribution >= 4 is 5.78 Å². The predicted octanol–water partition coefficient (Wildman–Crippen LogP) is 2.99. The zero-order chi connectivity index (χ0) is 12.3. The molecule has 0 spiro atoms. The minimum Gasteiger partial charge on any atom is -0.373 e. The van der Waals surface area contributed by atoms with Gasteiger partial charge < -0.3 is 4.74 Å². The number of ether oxygens (including phenoxy) is 1. The summed E-state index contributed by atoms with van der Waals surface area (Å²) in [5.74, 6) is -0.677. The molecule has 0 radical (unpaired) electrons. The van der Waals surface area contributed by atoms with E-state index in [1.165, 1.54) is 0 Å². The summed E-state index contributed by atoms with van der Waals surface area (Å²) in [5, 5.41) is 0. The Bertz CT molecular complexity index is 408. The minimum atomic E-state index is -0.469. The molecule has 1 fully saturated rings. The standard InChI is InChI=1S/C13H14F2O2/c14-10-1-6-13(15)9(7-10)8-17-12-4-2-11(16)3-5-12/h1,6-7,12H,2-5,8H2. The van der Waals surface area contributed by atoms with E-state index in [4.69, 9.17) is 4.74 Å². The fourth-order valence-electron chi connectivity index (χ4n) is 1.94. The zero-order valence-corrected chi connectivity index (χ0v) is 9.42. The third-order valence-corrected chi connectivity index (χ3v) is 2.97. The Labute approximate surface area is 98.6 Å². The number of ketones is 1. The largest absolute Gasteiger partial charge is 0.373 e. The summed E-state index contributed by atoms with van der Waals surface area (Å²) >= 11 is 0. The maximum atomic E-state index is 13.3. The van der Waals surface area contributed by atoms with Crippen LogP contribution in [-0.4, -0.2) is 11.9 Å². The van der Waals surface area contributed by atoms with Crippen molar-refractivity contribution in [2.45, 2.75) is 38.4 Å². The third-order valence-electron chi connectivity index (χ3n) is 2.97. The first-order valence-corrected chi connectivity index (χ1v) is 5.72. The van der Waals surface area contributed by atoms with Gasteiger partial charge in [-0.1, -0.05) is 0 Å². The lowest BCUT2D eigenvalue weighted by molar-refractivity contribution is -0.123. The molecule has 1 aliphatic rings. The van der Waals surface area contributed by atoms with Crippen LogP contribution in [0.5, 0.6) is 0 Å². The Kier molecular flexibility index (Phi) is 3.84. The molecule has 0 amide bonds. The second kappa shape index (κ2) is 5.36. The van der Waals surface area contributed by atoms with Gasteiger partial charge in [0.2, 0.25) is 0 Å². The zero-order valence-electron chi connectivity index (χ0n) is 9.42. The van der Waals surface area contributed by atoms with Crippen LogP contribution in [0.15, 0.2) is 18.2 Å². The van der Waals surface area contributed by atoms with Crippen LogP contribution >= 0.6 is 0 Å². The molecule has 17 heavy (non-hydrogen) atoms. The molecular formula is C13H14F2O2. The highest BCUT2D eigenvalue weighted by Crippen LogP contribution is 2.20. The Morgan fingerprint density at radius 3 is 2.65 bits per heavy atom. The lowest BCUT2D eigenvalue weighted by Crippen LogP contribution is -2.21. The molecule has 2 nitrogen and oxygen atoms in total. The highest BCUT2D eigenvalue weighted by molar-refractivity contribution is 5.79. The van der Waals surface area contributed by atoms with E-state index in [-0.39, 0.29) is 24.1 Å². The van der Waals surface area contributed by atoms with Gasteiger partial charge in [-0.2, -0.15) is 0 Å². The van der Waals surface area contributed by atoms with Crippen LogP contribution in [0.25, 0.3) is 0 Å². The van der Waals surface area contributed by atoms with E-state index >= 15 is 0 Å². The molecule has 0 aromatic heterocycles. The maximum absolute atomic E-state index is 13.3. The van der Waals surface area contributed by atoms with Gasteiger partial charge in [-0.3, -0.25) is 4.79 Å². The van der Waals surface area contributed by atoms with E-state index in [1.807, 2.05) is 0 Å². The summed E-state index contributed by atoms with van der Waals surface area (Å²) in [6, 6.07) is 3.32. The van der Waals surface area contributed by atoms with E-state index in [2.05, 4.69) is 0 Å². The number of hydrogen-bond acceptors (Lipinski definition) is 2. The number of hydrogen-bond donors (Lipinski definition) is 0. The third kappa shape index (κ3) is 3.33. The van der Waals surface area contributed by atoms with Crippen LogP contribution in [0, 0.1) is 11.6 Å². The number of halogens is 2. The molecule has 0 atom stereocenters. The summed E-state index contributed by atoms with van der Waals surface area (Å²) in [4.78, 5) is 11.0. The molecule has 0 unspecified atom stereocenters. The van der Waals surface area contributed by atoms with Crippen LogP contribution in [0.2, 0.25) is 0 Å². The molecular weight excluding hydrogens is 226 g/mol. The predicted molar refractivity (Wildman–Crippen MR) is 58.4 cm³/mol. The lowest BCUT2D eigenvalue weighted by Gasteiger charge is -2.21. The first kappa shape index (κ1) is 12.2. The van der Waals surface area contributed by atoms with Gasteiger partial charge in [0.15, 0.2) is 0 Å². The summed E-state index contributed by atoms with van der Waals surface area (Å²) in [5.41, 5.74) is 0.224. The minimum absolute atomic E-state index is 0.0182. The van der Waals surface area contributed by atoms with Crippen LogP contribution in [0.3, 0.4) is 0 Å². The number of rotatable bonds is 3. The van der Waals surface area contributed by atoms with Gasteiger partial charge in [-0.05, 0) is 31.0 Å². The van der Waals surface area contributed by atoms with E-state index in [9.17, 15) is 13.6 Å². The van der Waals surface area contributed by atoms with E-state index in [1.54, 1.807) is 0 Å². The molecule has 4 heteroatoms. The SMILES string of the molecule is O=C1CCC(OCc2cc(F)ccc2F)CC1. The van der Waals surface area contributed by atoms with Crippen LogP contribution in [0.4, 0.5) is 8.78 Å². The van der Waals surface area contributed by atoms with Crippen molar-refractivity contribution in [2.75, 3.05) is 0 Å². The fourth-order valence-corrected chi connectivity index (χ4v) is 1.94. The average Bonchev–Trinajstić information content (AvgIpc) is 2.32. The summed E-state index contributed by atoms with van der Waals surface area (Å²) in [7, 11) is 0. The fraction of sp³-hybridized carbons (Fsp3) is 0.462. The van der Waals surface area contributed by atoms with Crippen molar-refractivity contribution in [3.63, 3.8) is 0 Å². The van der Waals surface area contributed by atoms with Gasteiger partial charge in [0, 0.05) is 18.4 Å². The average molecular weight is 240 g/mol. The molecule has 0 N–H and O–H groups in total. The topological polar surface area (TPSA) is 26.3 Å². The quantitative estimate of drug-likeness (QED) is 0.811. The Hall–Kier alpha value is -1.29. The molecule has 2 rings (SSSR count). The van der Waals surface area contributed by atoms with Gasteiger partial charge in [-0.25, -0.2) is 8.78 Å². The van der Waals surface area contributed by atoms with Crippen molar-refractivity contribution in [3.05, 3.63) is 35.4 Å². The van der Waals surface area contributed by atoms with Crippen LogP contribution in [-0.2, 0) is 16.1 Å². The van der Waals surface area contributed by atoms with Crippen molar-refractivity contribution in [3.8, 4) is 0 Å². The van der Waals surface area contributed by atoms with Gasteiger partial charge in [0.25, 0.3) is 0 Å². The molecule has 1 saturated carbocycles. The highest BCUT2D eigenvalue weighted by atomic mass is 19.1. The normalized spacial score (nSPS) is 17.4. The Morgan fingerprint density at radius 1 is 1.24 bits per heavy atom. The van der Waals surface area contributed by atoms with Gasteiger partial charge in [-0.15, -0.1) is 0 Å². The second-order valence-electron chi connectivity index (χ2n) is 4.28. The summed E-state index contributed by atoms with van der Waals surface area (Å²) in [6.07, 6.45) is 2.38. The van der Waals surface area contributed by atoms with E-state index in [0.717, 1.165) is 18.2 Å². The molecule has 0 heterocycles. The van der Waals surface area contributed by atoms with Gasteiger partial charge in [0.05, 0.1) is 12.7 Å². The number of benzene rings is 1. The molecule has 1 aliphatic carbocycles. The maximum Gasteiger partial charge on any atom is 0.133 e. The highest BCUT2D eigenvalue weighted by Gasteiger charge is 2.19.